The van der Waals surface area contributed by atoms with Gasteiger partial charge in [0.05, 0.1) is 13.2 Å². The number of nitrogens with zero attached hydrogens (tertiary/aromatic N) is 2. The number of rotatable bonds is 6. The molecule has 0 spiro atoms. The van der Waals surface area contributed by atoms with Gasteiger partial charge in [-0.2, -0.15) is 0 Å². The fourth-order valence-corrected chi connectivity index (χ4v) is 2.86. The van der Waals surface area contributed by atoms with Crippen LogP contribution in [0.15, 0.2) is 48.5 Å². The van der Waals surface area contributed by atoms with E-state index < -0.39 is 12.6 Å². The van der Waals surface area contributed by atoms with Crippen molar-refractivity contribution in [3.8, 4) is 5.75 Å². The number of carbonyl (C=O) groups is 2. The van der Waals surface area contributed by atoms with Crippen molar-refractivity contribution in [2.75, 3.05) is 49.8 Å². The Hall–Kier alpha value is -3.06. The Morgan fingerprint density at radius 3 is 2.30 bits per heavy atom. The number of benzene rings is 2. The van der Waals surface area contributed by atoms with Gasteiger partial charge < -0.3 is 24.4 Å². The molecule has 1 saturated heterocycles. The van der Waals surface area contributed by atoms with Gasteiger partial charge in [-0.3, -0.25) is 4.79 Å². The molecule has 3 rings (SSSR count). The first-order chi connectivity index (χ1) is 13.0. The van der Waals surface area contributed by atoms with Gasteiger partial charge >= 0.3 is 5.97 Å². The molecule has 0 bridgehead atoms. The summed E-state index contributed by atoms with van der Waals surface area (Å²) < 4.78 is 10.5. The number of ether oxygens (including phenoxy) is 2. The Morgan fingerprint density at radius 1 is 1.07 bits per heavy atom. The molecule has 7 heteroatoms. The maximum absolute atomic E-state index is 12.7. The average molecular weight is 370 g/mol. The van der Waals surface area contributed by atoms with Gasteiger partial charge in [0.1, 0.15) is 5.75 Å². The van der Waals surface area contributed by atoms with E-state index in [1.807, 2.05) is 24.3 Å². The Morgan fingerprint density at radius 2 is 1.70 bits per heavy atom. The fraction of sp³-hybridized carbons (Fsp3) is 0.300. The molecule has 1 aliphatic rings. The zero-order valence-electron chi connectivity index (χ0n) is 15.1. The molecule has 1 N–H and O–H groups in total. The Labute approximate surface area is 157 Å². The minimum Gasteiger partial charge on any atom is -0.482 e. The summed E-state index contributed by atoms with van der Waals surface area (Å²) in [6, 6.07) is 14.3. The van der Waals surface area contributed by atoms with E-state index in [1.165, 1.54) is 0 Å². The molecular weight excluding hydrogens is 348 g/mol. The van der Waals surface area contributed by atoms with E-state index >= 15 is 0 Å². The highest BCUT2D eigenvalue weighted by Gasteiger charge is 2.15. The van der Waals surface area contributed by atoms with Gasteiger partial charge in [-0.1, -0.05) is 0 Å². The quantitative estimate of drug-likeness (QED) is 0.840. The lowest BCUT2D eigenvalue weighted by Gasteiger charge is -2.29. The van der Waals surface area contributed by atoms with Gasteiger partial charge in [-0.15, -0.1) is 0 Å². The van der Waals surface area contributed by atoms with Crippen LogP contribution in [-0.4, -0.2) is 56.9 Å². The molecule has 0 unspecified atom stereocenters. The molecule has 0 aliphatic carbocycles. The van der Waals surface area contributed by atoms with E-state index in [1.54, 1.807) is 36.2 Å². The average Bonchev–Trinajstić information content (AvgIpc) is 2.72. The lowest BCUT2D eigenvalue weighted by Crippen LogP contribution is -2.36. The minimum absolute atomic E-state index is 0.122. The summed E-state index contributed by atoms with van der Waals surface area (Å²) in [4.78, 5) is 27.0. The van der Waals surface area contributed by atoms with Crippen molar-refractivity contribution < 1.29 is 24.2 Å². The van der Waals surface area contributed by atoms with Crippen LogP contribution in [0.3, 0.4) is 0 Å². The third-order valence-electron chi connectivity index (χ3n) is 4.38. The molecule has 2 aromatic rings. The van der Waals surface area contributed by atoms with E-state index in [0.29, 0.717) is 17.0 Å². The number of hydrogen-bond donors (Lipinski definition) is 1. The number of anilines is 2. The van der Waals surface area contributed by atoms with E-state index in [2.05, 4.69) is 4.90 Å². The summed E-state index contributed by atoms with van der Waals surface area (Å²) >= 11 is 0. The van der Waals surface area contributed by atoms with Gasteiger partial charge in [0, 0.05) is 37.1 Å². The van der Waals surface area contributed by atoms with Crippen LogP contribution in [0.4, 0.5) is 11.4 Å². The van der Waals surface area contributed by atoms with Crippen LogP contribution in [-0.2, 0) is 9.53 Å². The number of morpholine rings is 1. The monoisotopic (exact) mass is 370 g/mol. The number of aliphatic carboxylic acids is 1. The maximum atomic E-state index is 12.7. The number of hydrogen-bond acceptors (Lipinski definition) is 5. The molecule has 1 aliphatic heterocycles. The predicted octanol–water partition coefficient (Wildman–Crippen LogP) is 2.26. The predicted molar refractivity (Wildman–Crippen MR) is 102 cm³/mol. The number of carbonyl (C=O) groups excluding carboxylic acids is 1. The third-order valence-corrected chi connectivity index (χ3v) is 4.38. The zero-order valence-corrected chi connectivity index (χ0v) is 15.1. The second kappa shape index (κ2) is 8.55. The van der Waals surface area contributed by atoms with E-state index in [9.17, 15) is 9.59 Å². The van der Waals surface area contributed by atoms with Crippen molar-refractivity contribution in [1.82, 2.24) is 0 Å². The second-order valence-electron chi connectivity index (χ2n) is 6.19. The smallest absolute Gasteiger partial charge is 0.341 e. The lowest BCUT2D eigenvalue weighted by molar-refractivity contribution is -0.139. The Kier molecular flexibility index (Phi) is 5.93. The molecule has 27 heavy (non-hydrogen) atoms. The molecule has 0 radical (unpaired) electrons. The highest BCUT2D eigenvalue weighted by atomic mass is 16.5. The maximum Gasteiger partial charge on any atom is 0.341 e. The number of amides is 1. The van der Waals surface area contributed by atoms with Crippen molar-refractivity contribution >= 4 is 23.3 Å². The summed E-state index contributed by atoms with van der Waals surface area (Å²) in [6.45, 7) is 2.74. The zero-order chi connectivity index (χ0) is 19.2. The first kappa shape index (κ1) is 18.7. The van der Waals surface area contributed by atoms with Gasteiger partial charge in [0.2, 0.25) is 0 Å². The number of carboxylic acid groups (broad SMARTS) is 1. The van der Waals surface area contributed by atoms with E-state index in [4.69, 9.17) is 14.6 Å². The normalized spacial score (nSPS) is 13.9. The van der Waals surface area contributed by atoms with Gasteiger partial charge in [0.15, 0.2) is 6.61 Å². The van der Waals surface area contributed by atoms with Crippen LogP contribution in [0.1, 0.15) is 10.4 Å². The molecular formula is C20H22N2O5. The van der Waals surface area contributed by atoms with E-state index in [0.717, 1.165) is 32.0 Å². The molecule has 0 aromatic heterocycles. The van der Waals surface area contributed by atoms with Crippen molar-refractivity contribution in [2.45, 2.75) is 0 Å². The molecule has 142 valence electrons. The fourth-order valence-electron chi connectivity index (χ4n) is 2.86. The third kappa shape index (κ3) is 4.77. The molecule has 0 atom stereocenters. The molecule has 2 aromatic carbocycles. The van der Waals surface area contributed by atoms with Crippen LogP contribution < -0.4 is 14.5 Å². The molecule has 1 amide bonds. The van der Waals surface area contributed by atoms with Crippen LogP contribution in [0.25, 0.3) is 0 Å². The molecule has 1 heterocycles. The van der Waals surface area contributed by atoms with Crippen LogP contribution in [0, 0.1) is 0 Å². The first-order valence-electron chi connectivity index (χ1n) is 8.70. The summed E-state index contributed by atoms with van der Waals surface area (Å²) in [5, 5.41) is 8.63. The topological polar surface area (TPSA) is 79.3 Å². The molecule has 0 saturated carbocycles. The SMILES string of the molecule is CN(C(=O)c1ccc(N2CCOCC2)cc1)c1ccc(OCC(=O)O)cc1. The summed E-state index contributed by atoms with van der Waals surface area (Å²) in [7, 11) is 1.70. The van der Waals surface area contributed by atoms with Crippen molar-refractivity contribution in [3.63, 3.8) is 0 Å². The van der Waals surface area contributed by atoms with Crippen LogP contribution >= 0.6 is 0 Å². The largest absolute Gasteiger partial charge is 0.482 e. The second-order valence-corrected chi connectivity index (χ2v) is 6.19. The standard InChI is InChI=1S/C20H22N2O5/c1-21(16-6-8-18(9-7-16)27-14-19(23)24)20(25)15-2-4-17(5-3-15)22-10-12-26-13-11-22/h2-9H,10-14H2,1H3,(H,23,24). The highest BCUT2D eigenvalue weighted by molar-refractivity contribution is 6.05. The van der Waals surface area contributed by atoms with Crippen LogP contribution in [0.5, 0.6) is 5.75 Å². The summed E-state index contributed by atoms with van der Waals surface area (Å²) in [6.07, 6.45) is 0. The Bertz CT molecular complexity index is 783. The van der Waals surface area contributed by atoms with E-state index in [-0.39, 0.29) is 5.91 Å². The summed E-state index contributed by atoms with van der Waals surface area (Å²) in [5.41, 5.74) is 2.37. The van der Waals surface area contributed by atoms with Gasteiger partial charge in [-0.25, -0.2) is 4.79 Å². The van der Waals surface area contributed by atoms with Crippen LogP contribution in [0.2, 0.25) is 0 Å². The first-order valence-corrected chi connectivity index (χ1v) is 8.70. The minimum atomic E-state index is -1.04. The van der Waals surface area contributed by atoms with Crippen molar-refractivity contribution in [1.29, 1.82) is 0 Å². The van der Waals surface area contributed by atoms with Crippen molar-refractivity contribution in [2.24, 2.45) is 0 Å². The van der Waals surface area contributed by atoms with Crippen molar-refractivity contribution in [3.05, 3.63) is 54.1 Å². The summed E-state index contributed by atoms with van der Waals surface area (Å²) in [5.74, 6) is -0.716. The lowest BCUT2D eigenvalue weighted by atomic mass is 10.1. The van der Waals surface area contributed by atoms with Gasteiger partial charge in [-0.05, 0) is 48.5 Å². The van der Waals surface area contributed by atoms with Gasteiger partial charge in [0.25, 0.3) is 5.91 Å². The molecule has 1 fully saturated rings. The highest BCUT2D eigenvalue weighted by Crippen LogP contribution is 2.22. The Balaban J connectivity index is 1.64. The molecule has 7 nitrogen and oxygen atoms in total. The number of carboxylic acids is 1.